The van der Waals surface area contributed by atoms with E-state index in [1.54, 1.807) is 30.3 Å². The molecule has 1 heterocycles. The smallest absolute Gasteiger partial charge is 0.253 e. The number of hydrogen-bond donors (Lipinski definition) is 7. The molecule has 1 saturated heterocycles. The molecule has 1 unspecified atom stereocenters. The Bertz CT molecular complexity index is 1130. The summed E-state index contributed by atoms with van der Waals surface area (Å²) in [5.41, 5.74) is -3.94. The lowest BCUT2D eigenvalue weighted by Crippen LogP contribution is -2.55. The van der Waals surface area contributed by atoms with Crippen LogP contribution in [-0.2, 0) is 11.7 Å². The number of carbonyl (C=O) groups excluding carboxylic acids is 1. The van der Waals surface area contributed by atoms with E-state index in [4.69, 9.17) is 9.47 Å². The van der Waals surface area contributed by atoms with E-state index in [-0.39, 0.29) is 18.7 Å². The van der Waals surface area contributed by atoms with E-state index in [2.05, 4.69) is 0 Å². The number of ether oxygens (including phenoxy) is 2. The van der Waals surface area contributed by atoms with Crippen LogP contribution < -0.4 is 9.47 Å². The molecule has 11 nitrogen and oxygen atoms in total. The standard InChI is InChI=1S/C24H29NO10/c1-34-19-17(26)15-16(18(27)20(19)35-2)23(30,31)22(29,21(15)28)12-13-8-10-25(11-9-13)24(32,33)14-6-4-3-5-7-14/h3-7,13,26-27,29-33H,8-12H2,1-2H3. The van der Waals surface area contributed by atoms with Gasteiger partial charge in [0, 0.05) is 18.7 Å². The van der Waals surface area contributed by atoms with Gasteiger partial charge in [-0.2, -0.15) is 0 Å². The molecular formula is C24H29NO10. The fraction of sp³-hybridized carbons (Fsp3) is 0.458. The van der Waals surface area contributed by atoms with Crippen LogP contribution in [0, 0.1) is 5.92 Å². The Balaban J connectivity index is 1.59. The molecule has 2 aromatic rings. The van der Waals surface area contributed by atoms with E-state index < -0.39 is 69.5 Å². The summed E-state index contributed by atoms with van der Waals surface area (Å²) in [5, 5.41) is 75.6. The number of fused-ring (bicyclic) bond motifs is 1. The number of Topliss-reactive ketones (excluding diaryl/α,β-unsaturated/α-hetero) is 1. The Hall–Kier alpha value is -2.93. The maximum atomic E-state index is 13.2. The third-order valence-electron chi connectivity index (χ3n) is 7.10. The summed E-state index contributed by atoms with van der Waals surface area (Å²) in [5.74, 6) is -9.53. The molecule has 0 radical (unpaired) electrons. The Labute approximate surface area is 201 Å². The van der Waals surface area contributed by atoms with Crippen molar-refractivity contribution in [3.63, 3.8) is 0 Å². The number of carbonyl (C=O) groups is 1. The first-order valence-electron chi connectivity index (χ1n) is 11.1. The summed E-state index contributed by atoms with van der Waals surface area (Å²) < 4.78 is 10.00. The summed E-state index contributed by atoms with van der Waals surface area (Å²) in [7, 11) is 2.31. The number of methoxy groups -OCH3 is 2. The molecule has 2 aliphatic rings. The Morgan fingerprint density at radius 1 is 0.971 bits per heavy atom. The van der Waals surface area contributed by atoms with Gasteiger partial charge in [-0.15, -0.1) is 0 Å². The largest absolute Gasteiger partial charge is 0.504 e. The van der Waals surface area contributed by atoms with Crippen molar-refractivity contribution in [3.8, 4) is 23.0 Å². The van der Waals surface area contributed by atoms with E-state index in [9.17, 15) is 40.5 Å². The number of phenolic OH excluding ortho intramolecular Hbond substituents is 2. The highest BCUT2D eigenvalue weighted by Gasteiger charge is 2.65. The number of phenols is 2. The lowest BCUT2D eigenvalue weighted by molar-refractivity contribution is -0.284. The molecular weight excluding hydrogens is 462 g/mol. The van der Waals surface area contributed by atoms with Crippen molar-refractivity contribution < 1.29 is 50.0 Å². The van der Waals surface area contributed by atoms with Gasteiger partial charge < -0.3 is 45.2 Å². The second-order valence-electron chi connectivity index (χ2n) is 9.01. The van der Waals surface area contributed by atoms with Crippen molar-refractivity contribution in [2.24, 2.45) is 5.92 Å². The zero-order valence-electron chi connectivity index (χ0n) is 19.3. The second kappa shape index (κ2) is 8.63. The topological polar surface area (TPSA) is 180 Å². The van der Waals surface area contributed by atoms with Crippen molar-refractivity contribution in [1.82, 2.24) is 4.90 Å². The van der Waals surface area contributed by atoms with Crippen LogP contribution >= 0.6 is 0 Å². The molecule has 7 N–H and O–H groups in total. The molecule has 1 fully saturated rings. The van der Waals surface area contributed by atoms with Crippen LogP contribution in [0.2, 0.25) is 0 Å². The number of nitrogens with zero attached hydrogens (tertiary/aromatic N) is 1. The molecule has 190 valence electrons. The van der Waals surface area contributed by atoms with Crippen molar-refractivity contribution in [2.45, 2.75) is 36.6 Å². The summed E-state index contributed by atoms with van der Waals surface area (Å²) in [6, 6.07) is 8.27. The van der Waals surface area contributed by atoms with E-state index in [0.717, 1.165) is 14.2 Å². The normalized spacial score (nSPS) is 22.8. The fourth-order valence-electron chi connectivity index (χ4n) is 5.14. The van der Waals surface area contributed by atoms with Crippen LogP contribution in [0.4, 0.5) is 0 Å². The van der Waals surface area contributed by atoms with E-state index in [1.807, 2.05) is 0 Å². The van der Waals surface area contributed by atoms with Crippen molar-refractivity contribution >= 4 is 5.78 Å². The summed E-state index contributed by atoms with van der Waals surface area (Å²) in [6.07, 6.45) is 0.171. The van der Waals surface area contributed by atoms with Crippen molar-refractivity contribution in [2.75, 3.05) is 27.3 Å². The van der Waals surface area contributed by atoms with Crippen molar-refractivity contribution in [3.05, 3.63) is 47.0 Å². The average Bonchev–Trinajstić information content (AvgIpc) is 2.99. The number of aromatic hydroxyl groups is 2. The van der Waals surface area contributed by atoms with Crippen LogP contribution in [0.25, 0.3) is 0 Å². The number of rotatable bonds is 6. The highest BCUT2D eigenvalue weighted by atomic mass is 16.5. The number of benzene rings is 2. The molecule has 2 aromatic carbocycles. The number of hydrogen-bond acceptors (Lipinski definition) is 11. The molecule has 0 bridgehead atoms. The number of ketones is 1. The van der Waals surface area contributed by atoms with Gasteiger partial charge in [-0.1, -0.05) is 30.3 Å². The highest BCUT2D eigenvalue weighted by molar-refractivity contribution is 6.12. The van der Waals surface area contributed by atoms with Crippen molar-refractivity contribution in [1.29, 1.82) is 0 Å². The lowest BCUT2D eigenvalue weighted by Gasteiger charge is -2.42. The quantitative estimate of drug-likeness (QED) is 0.215. The first kappa shape index (κ1) is 25.2. The highest BCUT2D eigenvalue weighted by Crippen LogP contribution is 2.59. The molecule has 4 rings (SSSR count). The number of likely N-dealkylation sites (tertiary alicyclic amines) is 1. The zero-order valence-corrected chi connectivity index (χ0v) is 19.3. The summed E-state index contributed by atoms with van der Waals surface area (Å²) >= 11 is 0. The Morgan fingerprint density at radius 3 is 2.06 bits per heavy atom. The summed E-state index contributed by atoms with van der Waals surface area (Å²) in [4.78, 5) is 14.7. The predicted molar refractivity (Wildman–Crippen MR) is 120 cm³/mol. The Morgan fingerprint density at radius 2 is 1.51 bits per heavy atom. The van der Waals surface area contributed by atoms with E-state index in [0.29, 0.717) is 12.8 Å². The van der Waals surface area contributed by atoms with Crippen LogP contribution in [0.3, 0.4) is 0 Å². The minimum atomic E-state index is -3.24. The fourth-order valence-corrected chi connectivity index (χ4v) is 5.14. The molecule has 0 saturated carbocycles. The second-order valence-corrected chi connectivity index (χ2v) is 9.01. The molecule has 1 atom stereocenters. The lowest BCUT2D eigenvalue weighted by atomic mass is 9.79. The molecule has 35 heavy (non-hydrogen) atoms. The molecule has 1 aliphatic heterocycles. The third-order valence-corrected chi connectivity index (χ3v) is 7.10. The Kier molecular flexibility index (Phi) is 6.20. The predicted octanol–water partition coefficient (Wildman–Crippen LogP) is 0.0770. The molecule has 1 aliphatic carbocycles. The molecule has 0 amide bonds. The van der Waals surface area contributed by atoms with Gasteiger partial charge in [-0.25, -0.2) is 4.90 Å². The SMILES string of the molecule is COc1c(O)c2c(c(O)c1OC)C(O)(O)C(O)(CC1CCN(C(O)(O)c3ccccc3)CC1)C2=O. The first-order chi connectivity index (χ1) is 16.4. The minimum Gasteiger partial charge on any atom is -0.504 e. The van der Waals surface area contributed by atoms with Crippen LogP contribution in [0.5, 0.6) is 23.0 Å². The van der Waals surface area contributed by atoms with Crippen LogP contribution in [0.1, 0.15) is 40.7 Å². The van der Waals surface area contributed by atoms with Gasteiger partial charge in [0.05, 0.1) is 25.3 Å². The van der Waals surface area contributed by atoms with Crippen LogP contribution in [-0.4, -0.2) is 79.3 Å². The number of piperidine rings is 1. The maximum absolute atomic E-state index is 13.2. The van der Waals surface area contributed by atoms with Gasteiger partial charge in [0.2, 0.25) is 23.1 Å². The summed E-state index contributed by atoms with van der Waals surface area (Å²) in [6.45, 7) is 0.373. The van der Waals surface area contributed by atoms with E-state index in [1.165, 1.54) is 4.90 Å². The molecule has 0 spiro atoms. The third kappa shape index (κ3) is 3.63. The van der Waals surface area contributed by atoms with Crippen LogP contribution in [0.15, 0.2) is 30.3 Å². The molecule has 0 aromatic heterocycles. The van der Waals surface area contributed by atoms with Gasteiger partial charge in [-0.05, 0) is 25.2 Å². The van der Waals surface area contributed by atoms with Gasteiger partial charge in [0.15, 0.2) is 17.1 Å². The maximum Gasteiger partial charge on any atom is 0.253 e. The van der Waals surface area contributed by atoms with Gasteiger partial charge in [0.1, 0.15) is 0 Å². The average molecular weight is 491 g/mol. The van der Waals surface area contributed by atoms with Gasteiger partial charge in [0.25, 0.3) is 5.91 Å². The monoisotopic (exact) mass is 491 g/mol. The van der Waals surface area contributed by atoms with Gasteiger partial charge >= 0.3 is 0 Å². The molecule has 11 heteroatoms. The van der Waals surface area contributed by atoms with E-state index >= 15 is 0 Å². The zero-order chi connectivity index (χ0) is 25.8. The van der Waals surface area contributed by atoms with Gasteiger partial charge in [-0.3, -0.25) is 4.79 Å². The minimum absolute atomic E-state index is 0.186. The number of aliphatic hydroxyl groups is 5. The first-order valence-corrected chi connectivity index (χ1v) is 11.1.